The normalized spacial score (nSPS) is 14.9. The molecule has 294 valence electrons. The van der Waals surface area contributed by atoms with Crippen LogP contribution in [0.5, 0.6) is 0 Å². The molecule has 0 saturated heterocycles. The molecule has 0 spiro atoms. The number of hydrogen-bond acceptors (Lipinski definition) is 2. The highest BCUT2D eigenvalue weighted by molar-refractivity contribution is 7.04. The molecular weight excluding hydrogens is 755 g/mol. The van der Waals surface area contributed by atoms with Crippen LogP contribution in [-0.2, 0) is 5.41 Å². The SMILES string of the molecule is CC[Si]1(CC)c2ccccc2N(c2ccc3cc(N4c5ccccc5C(C)(C)c5cc6c7c8ccccc8ccc7n(-c7ccccc7)c6cc54)ccc3c2)c2ccccc21. The maximum Gasteiger partial charge on any atom is 0.123 e. The molecular formula is C57H47N3Si. The Labute approximate surface area is 358 Å². The summed E-state index contributed by atoms with van der Waals surface area (Å²) in [5.41, 5.74) is 13.5. The average Bonchev–Trinajstić information content (AvgIpc) is 3.64. The molecule has 0 aliphatic carbocycles. The van der Waals surface area contributed by atoms with Crippen LogP contribution in [0.2, 0.25) is 12.1 Å². The largest absolute Gasteiger partial charge is 0.311 e. The predicted octanol–water partition coefficient (Wildman–Crippen LogP) is 14.6. The zero-order valence-corrected chi connectivity index (χ0v) is 36.2. The van der Waals surface area contributed by atoms with E-state index >= 15 is 0 Å². The zero-order chi connectivity index (χ0) is 41.0. The first-order valence-corrected chi connectivity index (χ1v) is 24.3. The molecule has 10 aromatic rings. The third-order valence-electron chi connectivity index (χ3n) is 14.4. The van der Waals surface area contributed by atoms with Crippen LogP contribution in [0.4, 0.5) is 34.1 Å². The summed E-state index contributed by atoms with van der Waals surface area (Å²) in [4.78, 5) is 5.04. The Morgan fingerprint density at radius 2 is 0.967 bits per heavy atom. The summed E-state index contributed by atoms with van der Waals surface area (Å²) in [5.74, 6) is 0. The van der Waals surface area contributed by atoms with Crippen molar-refractivity contribution in [1.29, 1.82) is 0 Å². The van der Waals surface area contributed by atoms with E-state index < -0.39 is 8.07 Å². The van der Waals surface area contributed by atoms with Crippen LogP contribution in [0.25, 0.3) is 49.0 Å². The highest BCUT2D eigenvalue weighted by atomic mass is 28.3. The van der Waals surface area contributed by atoms with E-state index in [0.717, 1.165) is 11.4 Å². The summed E-state index contributed by atoms with van der Waals surface area (Å²) in [5, 5.41) is 10.7. The van der Waals surface area contributed by atoms with E-state index in [4.69, 9.17) is 0 Å². The van der Waals surface area contributed by atoms with Crippen molar-refractivity contribution < 1.29 is 0 Å². The van der Waals surface area contributed by atoms with Gasteiger partial charge in [-0.15, -0.1) is 0 Å². The van der Waals surface area contributed by atoms with E-state index in [-0.39, 0.29) is 5.41 Å². The van der Waals surface area contributed by atoms with Crippen LogP contribution in [0.1, 0.15) is 38.8 Å². The second-order valence-electron chi connectivity index (χ2n) is 17.6. The first-order chi connectivity index (χ1) is 29.9. The van der Waals surface area contributed by atoms with E-state index in [2.05, 4.69) is 230 Å². The van der Waals surface area contributed by atoms with Gasteiger partial charge in [-0.25, -0.2) is 0 Å². The Kier molecular flexibility index (Phi) is 7.86. The molecule has 0 unspecified atom stereocenters. The molecule has 0 bridgehead atoms. The van der Waals surface area contributed by atoms with Crippen molar-refractivity contribution in [2.24, 2.45) is 0 Å². The third-order valence-corrected chi connectivity index (χ3v) is 19.7. The molecule has 12 rings (SSSR count). The number of fused-ring (bicyclic) bond motifs is 10. The average molecular weight is 802 g/mol. The molecule has 0 radical (unpaired) electrons. The minimum atomic E-state index is -1.91. The molecule has 0 atom stereocenters. The van der Waals surface area contributed by atoms with E-state index in [1.807, 2.05) is 0 Å². The number of rotatable bonds is 5. The van der Waals surface area contributed by atoms with Gasteiger partial charge in [0.15, 0.2) is 0 Å². The van der Waals surface area contributed by atoms with Crippen LogP contribution in [-0.4, -0.2) is 12.6 Å². The Morgan fingerprint density at radius 1 is 0.410 bits per heavy atom. The molecule has 0 saturated carbocycles. The lowest BCUT2D eigenvalue weighted by atomic mass is 9.73. The van der Waals surface area contributed by atoms with Crippen molar-refractivity contribution in [2.75, 3.05) is 9.80 Å². The molecule has 3 heterocycles. The number of nitrogens with zero attached hydrogens (tertiary/aromatic N) is 3. The maximum absolute atomic E-state index is 2.52. The van der Waals surface area contributed by atoms with Crippen molar-refractivity contribution >= 4 is 95.9 Å². The van der Waals surface area contributed by atoms with E-state index in [9.17, 15) is 0 Å². The lowest BCUT2D eigenvalue weighted by Gasteiger charge is -2.44. The molecule has 9 aromatic carbocycles. The maximum atomic E-state index is 2.52. The second kappa shape index (κ2) is 13.3. The first-order valence-electron chi connectivity index (χ1n) is 21.9. The summed E-state index contributed by atoms with van der Waals surface area (Å²) in [6.45, 7) is 9.60. The number of anilines is 6. The third kappa shape index (κ3) is 5.03. The van der Waals surface area contributed by atoms with Crippen molar-refractivity contribution in [3.05, 3.63) is 199 Å². The molecule has 0 N–H and O–H groups in total. The van der Waals surface area contributed by atoms with Gasteiger partial charge in [0.25, 0.3) is 0 Å². The van der Waals surface area contributed by atoms with E-state index in [1.165, 1.54) is 95.0 Å². The lowest BCUT2D eigenvalue weighted by molar-refractivity contribution is 0.633. The molecule has 1 aromatic heterocycles. The van der Waals surface area contributed by atoms with Gasteiger partial charge < -0.3 is 14.4 Å². The highest BCUT2D eigenvalue weighted by Crippen LogP contribution is 2.54. The number of aromatic nitrogens is 1. The zero-order valence-electron chi connectivity index (χ0n) is 35.2. The van der Waals surface area contributed by atoms with Gasteiger partial charge >= 0.3 is 0 Å². The smallest absolute Gasteiger partial charge is 0.123 e. The highest BCUT2D eigenvalue weighted by Gasteiger charge is 2.43. The Balaban J connectivity index is 1.06. The fraction of sp³-hybridized carbons (Fsp3) is 0.123. The summed E-state index contributed by atoms with van der Waals surface area (Å²) in [6, 6.07) is 73.2. The Morgan fingerprint density at radius 3 is 1.64 bits per heavy atom. The van der Waals surface area contributed by atoms with Gasteiger partial charge in [-0.05, 0) is 116 Å². The predicted molar refractivity (Wildman–Crippen MR) is 263 cm³/mol. The van der Waals surface area contributed by atoms with Gasteiger partial charge in [-0.1, -0.05) is 155 Å². The van der Waals surface area contributed by atoms with Gasteiger partial charge in [0.2, 0.25) is 0 Å². The van der Waals surface area contributed by atoms with E-state index in [1.54, 1.807) is 10.4 Å². The molecule has 2 aliphatic rings. The first kappa shape index (κ1) is 36.0. The van der Waals surface area contributed by atoms with Crippen molar-refractivity contribution in [3.63, 3.8) is 0 Å². The second-order valence-corrected chi connectivity index (χ2v) is 22.2. The van der Waals surface area contributed by atoms with Crippen molar-refractivity contribution in [1.82, 2.24) is 4.57 Å². The number of para-hydroxylation sites is 4. The summed E-state index contributed by atoms with van der Waals surface area (Å²) in [7, 11) is -1.91. The van der Waals surface area contributed by atoms with Gasteiger partial charge in [0.1, 0.15) is 8.07 Å². The van der Waals surface area contributed by atoms with Gasteiger partial charge in [-0.2, -0.15) is 0 Å². The van der Waals surface area contributed by atoms with Crippen LogP contribution < -0.4 is 20.2 Å². The van der Waals surface area contributed by atoms with Gasteiger partial charge in [-0.3, -0.25) is 0 Å². The standard InChI is InChI=1S/C57H47N3Si/c1-5-61(6-2)54-26-16-14-24-49(54)60(50-25-15-17-27-55(50)61)43-32-29-39-34-42(31-28-40(39)35-43)59-48-23-13-12-22-46(48)57(3,4)47-36-45-52(37-53(47)59)58(41-19-8-7-9-20-41)51-33-30-38-18-10-11-21-44(38)56(45)51/h7-37H,5-6H2,1-4H3. The summed E-state index contributed by atoms with van der Waals surface area (Å²) < 4.78 is 2.47. The summed E-state index contributed by atoms with van der Waals surface area (Å²) in [6.07, 6.45) is 0. The molecule has 0 fully saturated rings. The fourth-order valence-electron chi connectivity index (χ4n) is 11.3. The lowest BCUT2D eigenvalue weighted by Crippen LogP contribution is -2.61. The molecule has 61 heavy (non-hydrogen) atoms. The fourth-order valence-corrected chi connectivity index (χ4v) is 15.8. The molecule has 2 aliphatic heterocycles. The van der Waals surface area contributed by atoms with Crippen LogP contribution in [0.15, 0.2) is 188 Å². The summed E-state index contributed by atoms with van der Waals surface area (Å²) >= 11 is 0. The number of benzene rings is 9. The van der Waals surface area contributed by atoms with Gasteiger partial charge in [0, 0.05) is 44.6 Å². The molecule has 4 heteroatoms. The topological polar surface area (TPSA) is 11.4 Å². The van der Waals surface area contributed by atoms with Crippen molar-refractivity contribution in [3.8, 4) is 5.69 Å². The van der Waals surface area contributed by atoms with Gasteiger partial charge in [0.05, 0.1) is 22.4 Å². The molecule has 0 amide bonds. The quantitative estimate of drug-likeness (QED) is 0.161. The minimum absolute atomic E-state index is 0.231. The Bertz CT molecular complexity index is 3340. The molecule has 3 nitrogen and oxygen atoms in total. The van der Waals surface area contributed by atoms with Crippen LogP contribution in [0.3, 0.4) is 0 Å². The monoisotopic (exact) mass is 801 g/mol. The number of hydrogen-bond donors (Lipinski definition) is 0. The minimum Gasteiger partial charge on any atom is -0.311 e. The Hall–Kier alpha value is -6.88. The van der Waals surface area contributed by atoms with Crippen LogP contribution >= 0.6 is 0 Å². The van der Waals surface area contributed by atoms with Crippen LogP contribution in [0, 0.1) is 0 Å². The van der Waals surface area contributed by atoms with Crippen molar-refractivity contribution in [2.45, 2.75) is 45.2 Å². The van der Waals surface area contributed by atoms with E-state index in [0.29, 0.717) is 0 Å².